The maximum Gasteiger partial charge on any atom is 0.241 e. The number of sulfonamides is 1. The van der Waals surface area contributed by atoms with E-state index in [0.29, 0.717) is 4.90 Å². The first-order valence-corrected chi connectivity index (χ1v) is 9.41. The molecule has 0 amide bonds. The van der Waals surface area contributed by atoms with Gasteiger partial charge in [0.2, 0.25) is 10.0 Å². The summed E-state index contributed by atoms with van der Waals surface area (Å²) in [5.41, 5.74) is 3.59. The lowest BCUT2D eigenvalue weighted by molar-refractivity contribution is 0.580. The molecule has 0 fully saturated rings. The zero-order valence-electron chi connectivity index (χ0n) is 14.1. The number of rotatable bonds is 4. The van der Waals surface area contributed by atoms with Crippen molar-refractivity contribution in [1.29, 1.82) is 0 Å². The number of hydrogen-bond donors (Lipinski definition) is 1. The molecule has 4 heteroatoms. The molecule has 124 valence electrons. The standard InChI is InChI=1S/C20H21NO2S/c1-14-11-15(2)20(16(3)12-14)24(22,23)21-13-18-9-6-8-17-7-4-5-10-19(17)18/h4-12,21H,13H2,1-3H3. The third-order valence-corrected chi connectivity index (χ3v) is 5.91. The normalized spacial score (nSPS) is 11.8. The second-order valence-corrected chi connectivity index (χ2v) is 7.89. The van der Waals surface area contributed by atoms with Crippen LogP contribution >= 0.6 is 0 Å². The lowest BCUT2D eigenvalue weighted by Crippen LogP contribution is -2.25. The van der Waals surface area contributed by atoms with Gasteiger partial charge in [-0.25, -0.2) is 13.1 Å². The molecule has 0 spiro atoms. The van der Waals surface area contributed by atoms with Gasteiger partial charge >= 0.3 is 0 Å². The summed E-state index contributed by atoms with van der Waals surface area (Å²) < 4.78 is 28.3. The predicted molar refractivity (Wildman–Crippen MR) is 98.6 cm³/mol. The highest BCUT2D eigenvalue weighted by Gasteiger charge is 2.19. The third-order valence-electron chi connectivity index (χ3n) is 4.21. The maximum atomic E-state index is 12.8. The Morgan fingerprint density at radius 3 is 2.21 bits per heavy atom. The molecule has 0 atom stereocenters. The molecule has 0 heterocycles. The van der Waals surface area contributed by atoms with Crippen LogP contribution in [-0.2, 0) is 16.6 Å². The van der Waals surface area contributed by atoms with Crippen LogP contribution in [0.2, 0.25) is 0 Å². The van der Waals surface area contributed by atoms with Gasteiger partial charge in [-0.15, -0.1) is 0 Å². The van der Waals surface area contributed by atoms with Crippen LogP contribution < -0.4 is 4.72 Å². The first-order valence-electron chi connectivity index (χ1n) is 7.92. The fourth-order valence-electron chi connectivity index (χ4n) is 3.28. The van der Waals surface area contributed by atoms with Gasteiger partial charge < -0.3 is 0 Å². The molecule has 3 nitrogen and oxygen atoms in total. The van der Waals surface area contributed by atoms with E-state index in [4.69, 9.17) is 0 Å². The molecule has 3 aromatic rings. The fourth-order valence-corrected chi connectivity index (χ4v) is 4.74. The van der Waals surface area contributed by atoms with E-state index in [1.54, 1.807) is 0 Å². The van der Waals surface area contributed by atoms with Crippen molar-refractivity contribution in [1.82, 2.24) is 4.72 Å². The van der Waals surface area contributed by atoms with Crippen molar-refractivity contribution >= 4 is 20.8 Å². The highest BCUT2D eigenvalue weighted by molar-refractivity contribution is 7.89. The number of hydrogen-bond acceptors (Lipinski definition) is 2. The van der Waals surface area contributed by atoms with Gasteiger partial charge in [-0.3, -0.25) is 0 Å². The fraction of sp³-hybridized carbons (Fsp3) is 0.200. The van der Waals surface area contributed by atoms with E-state index < -0.39 is 10.0 Å². The van der Waals surface area contributed by atoms with Crippen molar-refractivity contribution in [3.8, 4) is 0 Å². The minimum Gasteiger partial charge on any atom is -0.207 e. The number of fused-ring (bicyclic) bond motifs is 1. The zero-order valence-corrected chi connectivity index (χ0v) is 14.9. The Balaban J connectivity index is 1.93. The van der Waals surface area contributed by atoms with Gasteiger partial charge in [-0.05, 0) is 48.2 Å². The van der Waals surface area contributed by atoms with Crippen LogP contribution in [0.4, 0.5) is 0 Å². The largest absolute Gasteiger partial charge is 0.241 e. The second-order valence-electron chi connectivity index (χ2n) is 6.19. The van der Waals surface area contributed by atoms with Crippen LogP contribution in [0.25, 0.3) is 10.8 Å². The molecule has 3 rings (SSSR count). The third kappa shape index (κ3) is 3.21. The van der Waals surface area contributed by atoms with Crippen molar-refractivity contribution in [3.05, 3.63) is 76.9 Å². The smallest absolute Gasteiger partial charge is 0.207 e. The molecule has 0 unspecified atom stereocenters. The van der Waals surface area contributed by atoms with Gasteiger partial charge in [0, 0.05) is 6.54 Å². The topological polar surface area (TPSA) is 46.2 Å². The van der Waals surface area contributed by atoms with Crippen molar-refractivity contribution < 1.29 is 8.42 Å². The molecule has 0 saturated carbocycles. The van der Waals surface area contributed by atoms with Gasteiger partial charge in [0.05, 0.1) is 4.90 Å². The van der Waals surface area contributed by atoms with Gasteiger partial charge in [0.1, 0.15) is 0 Å². The molecule has 0 aliphatic heterocycles. The van der Waals surface area contributed by atoms with E-state index in [-0.39, 0.29) is 6.54 Å². The summed E-state index contributed by atoms with van der Waals surface area (Å²) in [7, 11) is -3.56. The molecular formula is C20H21NO2S. The molecule has 0 aliphatic carbocycles. The van der Waals surface area contributed by atoms with Crippen molar-refractivity contribution in [2.75, 3.05) is 0 Å². The summed E-state index contributed by atoms with van der Waals surface area (Å²) in [4.78, 5) is 0.383. The Bertz CT molecular complexity index is 979. The molecule has 0 aromatic heterocycles. The van der Waals surface area contributed by atoms with Gasteiger partial charge in [-0.2, -0.15) is 0 Å². The molecular weight excluding hydrogens is 318 g/mol. The van der Waals surface area contributed by atoms with E-state index in [2.05, 4.69) is 4.72 Å². The van der Waals surface area contributed by atoms with E-state index in [9.17, 15) is 8.42 Å². The Morgan fingerprint density at radius 2 is 1.50 bits per heavy atom. The Kier molecular flexibility index (Phi) is 4.43. The van der Waals surface area contributed by atoms with Gasteiger partial charge in [-0.1, -0.05) is 60.2 Å². The molecule has 3 aromatic carbocycles. The second kappa shape index (κ2) is 6.38. The zero-order chi connectivity index (χ0) is 17.3. The average Bonchev–Trinajstić information content (AvgIpc) is 2.51. The molecule has 24 heavy (non-hydrogen) atoms. The summed E-state index contributed by atoms with van der Waals surface area (Å²) >= 11 is 0. The van der Waals surface area contributed by atoms with E-state index in [1.165, 1.54) is 0 Å². The average molecular weight is 339 g/mol. The number of aryl methyl sites for hydroxylation is 3. The Hall–Kier alpha value is -2.17. The molecule has 1 N–H and O–H groups in total. The van der Waals surface area contributed by atoms with Gasteiger partial charge in [0.15, 0.2) is 0 Å². The van der Waals surface area contributed by atoms with Crippen molar-refractivity contribution in [2.24, 2.45) is 0 Å². The van der Waals surface area contributed by atoms with E-state index in [1.807, 2.05) is 75.4 Å². The molecule has 0 radical (unpaired) electrons. The van der Waals surface area contributed by atoms with Crippen LogP contribution in [0.1, 0.15) is 22.3 Å². The van der Waals surface area contributed by atoms with Crippen LogP contribution in [-0.4, -0.2) is 8.42 Å². The first kappa shape index (κ1) is 16.7. The summed E-state index contributed by atoms with van der Waals surface area (Å²) in [6.45, 7) is 5.93. The monoisotopic (exact) mass is 339 g/mol. The Morgan fingerprint density at radius 1 is 0.875 bits per heavy atom. The summed E-state index contributed by atoms with van der Waals surface area (Å²) in [5, 5.41) is 2.18. The van der Waals surface area contributed by atoms with Crippen LogP contribution in [0.3, 0.4) is 0 Å². The predicted octanol–water partition coefficient (Wildman–Crippen LogP) is 4.24. The van der Waals surface area contributed by atoms with Gasteiger partial charge in [0.25, 0.3) is 0 Å². The number of benzene rings is 3. The minimum atomic E-state index is -3.56. The van der Waals surface area contributed by atoms with E-state index in [0.717, 1.165) is 33.0 Å². The SMILES string of the molecule is Cc1cc(C)c(S(=O)(=O)NCc2cccc3ccccc23)c(C)c1. The number of nitrogens with one attached hydrogen (secondary N) is 1. The van der Waals surface area contributed by atoms with E-state index >= 15 is 0 Å². The molecule has 0 aliphatic rings. The molecule has 0 bridgehead atoms. The molecule has 0 saturated heterocycles. The minimum absolute atomic E-state index is 0.274. The summed E-state index contributed by atoms with van der Waals surface area (Å²) in [6, 6.07) is 17.7. The summed E-state index contributed by atoms with van der Waals surface area (Å²) in [6.07, 6.45) is 0. The van der Waals surface area contributed by atoms with Crippen LogP contribution in [0, 0.1) is 20.8 Å². The maximum absolute atomic E-state index is 12.8. The van der Waals surface area contributed by atoms with Crippen molar-refractivity contribution in [2.45, 2.75) is 32.2 Å². The highest BCUT2D eigenvalue weighted by atomic mass is 32.2. The first-order chi connectivity index (χ1) is 11.4. The lowest BCUT2D eigenvalue weighted by Gasteiger charge is -2.14. The highest BCUT2D eigenvalue weighted by Crippen LogP contribution is 2.23. The quantitative estimate of drug-likeness (QED) is 0.772. The Labute approximate surface area is 143 Å². The van der Waals surface area contributed by atoms with Crippen molar-refractivity contribution in [3.63, 3.8) is 0 Å². The lowest BCUT2D eigenvalue weighted by atomic mass is 10.1. The summed E-state index contributed by atoms with van der Waals surface area (Å²) in [5.74, 6) is 0. The van der Waals surface area contributed by atoms with Crippen LogP contribution in [0.15, 0.2) is 59.5 Å². The van der Waals surface area contributed by atoms with Crippen LogP contribution in [0.5, 0.6) is 0 Å².